The SMILES string of the molecule is CCCCCCCCc1cnc(-c2ccc(OCCCCOCCC(F)CC)cc2)nc1. The van der Waals surface area contributed by atoms with Gasteiger partial charge < -0.3 is 9.47 Å². The number of hydrogen-bond acceptors (Lipinski definition) is 4. The van der Waals surface area contributed by atoms with E-state index in [2.05, 4.69) is 16.9 Å². The molecule has 1 aromatic carbocycles. The molecule has 0 aliphatic rings. The fourth-order valence-corrected chi connectivity index (χ4v) is 3.46. The molecular formula is C27H41FN2O2. The highest BCUT2D eigenvalue weighted by atomic mass is 19.1. The third-order valence-corrected chi connectivity index (χ3v) is 5.61. The van der Waals surface area contributed by atoms with E-state index in [1.165, 1.54) is 44.1 Å². The van der Waals surface area contributed by atoms with Gasteiger partial charge in [0.15, 0.2) is 5.82 Å². The Labute approximate surface area is 194 Å². The Balaban J connectivity index is 1.61. The molecule has 32 heavy (non-hydrogen) atoms. The van der Waals surface area contributed by atoms with Crippen LogP contribution in [0.4, 0.5) is 4.39 Å². The summed E-state index contributed by atoms with van der Waals surface area (Å²) in [6.07, 6.45) is 14.9. The third kappa shape index (κ3) is 11.0. The van der Waals surface area contributed by atoms with Crippen molar-refractivity contribution < 1.29 is 13.9 Å². The molecule has 0 aliphatic heterocycles. The summed E-state index contributed by atoms with van der Waals surface area (Å²) < 4.78 is 24.3. The van der Waals surface area contributed by atoms with Gasteiger partial charge in [-0.1, -0.05) is 46.0 Å². The highest BCUT2D eigenvalue weighted by molar-refractivity contribution is 5.55. The lowest BCUT2D eigenvalue weighted by Crippen LogP contribution is -2.06. The minimum atomic E-state index is -0.741. The van der Waals surface area contributed by atoms with E-state index < -0.39 is 6.17 Å². The van der Waals surface area contributed by atoms with Gasteiger partial charge in [-0.05, 0) is 61.9 Å². The van der Waals surface area contributed by atoms with E-state index in [1.54, 1.807) is 0 Å². The number of unbranched alkanes of at least 4 members (excludes halogenated alkanes) is 6. The fraction of sp³-hybridized carbons (Fsp3) is 0.630. The van der Waals surface area contributed by atoms with E-state index in [1.807, 2.05) is 43.6 Å². The van der Waals surface area contributed by atoms with E-state index in [0.29, 0.717) is 32.7 Å². The number of nitrogens with zero attached hydrogens (tertiary/aromatic N) is 2. The molecule has 1 heterocycles. The highest BCUT2D eigenvalue weighted by Gasteiger charge is 2.04. The van der Waals surface area contributed by atoms with Crippen LogP contribution in [0.3, 0.4) is 0 Å². The van der Waals surface area contributed by atoms with Crippen LogP contribution in [0.1, 0.15) is 83.6 Å². The molecule has 2 aromatic rings. The first-order valence-corrected chi connectivity index (χ1v) is 12.5. The van der Waals surface area contributed by atoms with E-state index >= 15 is 0 Å². The topological polar surface area (TPSA) is 44.2 Å². The molecule has 0 N–H and O–H groups in total. The minimum Gasteiger partial charge on any atom is -0.494 e. The molecule has 0 saturated carbocycles. The average Bonchev–Trinajstić information content (AvgIpc) is 2.83. The Bertz CT molecular complexity index is 707. The molecule has 1 atom stereocenters. The molecule has 0 radical (unpaired) electrons. The lowest BCUT2D eigenvalue weighted by molar-refractivity contribution is 0.105. The quantitative estimate of drug-likeness (QED) is 0.225. The molecule has 4 nitrogen and oxygen atoms in total. The first-order valence-electron chi connectivity index (χ1n) is 12.5. The van der Waals surface area contributed by atoms with Gasteiger partial charge in [-0.15, -0.1) is 0 Å². The van der Waals surface area contributed by atoms with Crippen LogP contribution in [0.5, 0.6) is 5.75 Å². The number of aryl methyl sites for hydroxylation is 1. The molecule has 0 aliphatic carbocycles. The average molecular weight is 445 g/mol. The van der Waals surface area contributed by atoms with E-state index in [0.717, 1.165) is 36.4 Å². The summed E-state index contributed by atoms with van der Waals surface area (Å²) in [6, 6.07) is 7.93. The van der Waals surface area contributed by atoms with Crippen LogP contribution in [0.2, 0.25) is 0 Å². The molecule has 0 amide bonds. The predicted molar refractivity (Wildman–Crippen MR) is 130 cm³/mol. The van der Waals surface area contributed by atoms with Crippen molar-refractivity contribution in [1.82, 2.24) is 9.97 Å². The lowest BCUT2D eigenvalue weighted by Gasteiger charge is -2.08. The molecule has 5 heteroatoms. The van der Waals surface area contributed by atoms with Gasteiger partial charge in [0.1, 0.15) is 11.9 Å². The van der Waals surface area contributed by atoms with Gasteiger partial charge in [-0.2, -0.15) is 0 Å². The Morgan fingerprint density at radius 3 is 2.22 bits per heavy atom. The first kappa shape index (κ1) is 26.2. The molecule has 1 unspecified atom stereocenters. The standard InChI is InChI=1S/C27H41FN2O2/c1-3-5-6-7-8-9-12-23-21-29-27(30-22-23)24-13-15-26(16-14-24)32-19-11-10-18-31-20-17-25(28)4-2/h13-16,21-22,25H,3-12,17-20H2,1-2H3. The zero-order valence-corrected chi connectivity index (χ0v) is 20.0. The van der Waals surface area contributed by atoms with Crippen LogP contribution < -0.4 is 4.74 Å². The normalized spacial score (nSPS) is 12.1. The van der Waals surface area contributed by atoms with Crippen molar-refractivity contribution in [2.24, 2.45) is 0 Å². The van der Waals surface area contributed by atoms with Crippen molar-refractivity contribution in [2.75, 3.05) is 19.8 Å². The van der Waals surface area contributed by atoms with Crippen molar-refractivity contribution in [1.29, 1.82) is 0 Å². The van der Waals surface area contributed by atoms with Crippen molar-refractivity contribution in [3.63, 3.8) is 0 Å². The second-order valence-electron chi connectivity index (χ2n) is 8.42. The van der Waals surface area contributed by atoms with Crippen LogP contribution in [-0.4, -0.2) is 36.0 Å². The number of alkyl halides is 1. The highest BCUT2D eigenvalue weighted by Crippen LogP contribution is 2.20. The van der Waals surface area contributed by atoms with Crippen molar-refractivity contribution >= 4 is 0 Å². The zero-order chi connectivity index (χ0) is 22.9. The minimum absolute atomic E-state index is 0.491. The van der Waals surface area contributed by atoms with Crippen molar-refractivity contribution in [2.45, 2.75) is 90.6 Å². The number of ether oxygens (including phenoxy) is 2. The van der Waals surface area contributed by atoms with Gasteiger partial charge in [-0.25, -0.2) is 14.4 Å². The maximum Gasteiger partial charge on any atom is 0.159 e. The smallest absolute Gasteiger partial charge is 0.159 e. The van der Waals surface area contributed by atoms with E-state index in [9.17, 15) is 4.39 Å². The molecular weight excluding hydrogens is 403 g/mol. The summed E-state index contributed by atoms with van der Waals surface area (Å²) in [4.78, 5) is 9.09. The van der Waals surface area contributed by atoms with E-state index in [4.69, 9.17) is 9.47 Å². The Morgan fingerprint density at radius 2 is 1.50 bits per heavy atom. The van der Waals surface area contributed by atoms with Crippen LogP contribution in [-0.2, 0) is 11.2 Å². The van der Waals surface area contributed by atoms with Crippen LogP contribution in [0, 0.1) is 0 Å². The number of aromatic nitrogens is 2. The lowest BCUT2D eigenvalue weighted by atomic mass is 10.1. The fourth-order valence-electron chi connectivity index (χ4n) is 3.46. The summed E-state index contributed by atoms with van der Waals surface area (Å²) >= 11 is 0. The van der Waals surface area contributed by atoms with Crippen molar-refractivity contribution in [3.8, 4) is 17.1 Å². The van der Waals surface area contributed by atoms with Gasteiger partial charge in [0.25, 0.3) is 0 Å². The maximum absolute atomic E-state index is 13.1. The van der Waals surface area contributed by atoms with Crippen molar-refractivity contribution in [3.05, 3.63) is 42.2 Å². The summed E-state index contributed by atoms with van der Waals surface area (Å²) in [5.74, 6) is 1.59. The van der Waals surface area contributed by atoms with Gasteiger partial charge >= 0.3 is 0 Å². The summed E-state index contributed by atoms with van der Waals surface area (Å²) in [7, 11) is 0. The van der Waals surface area contributed by atoms with Gasteiger partial charge in [-0.3, -0.25) is 0 Å². The second kappa shape index (κ2) is 16.6. The van der Waals surface area contributed by atoms with Crippen LogP contribution in [0.25, 0.3) is 11.4 Å². The number of benzene rings is 1. The first-order chi connectivity index (χ1) is 15.7. The van der Waals surface area contributed by atoms with Gasteiger partial charge in [0, 0.05) is 37.6 Å². The molecule has 178 valence electrons. The van der Waals surface area contributed by atoms with Gasteiger partial charge in [0.2, 0.25) is 0 Å². The van der Waals surface area contributed by atoms with Crippen LogP contribution in [0.15, 0.2) is 36.7 Å². The second-order valence-corrected chi connectivity index (χ2v) is 8.42. The molecule has 2 rings (SSSR count). The maximum atomic E-state index is 13.1. The number of halogens is 1. The van der Waals surface area contributed by atoms with Crippen LogP contribution >= 0.6 is 0 Å². The number of rotatable bonds is 18. The molecule has 0 spiro atoms. The Kier molecular flexibility index (Phi) is 13.6. The summed E-state index contributed by atoms with van der Waals surface area (Å²) in [6.45, 7) is 5.91. The number of hydrogen-bond donors (Lipinski definition) is 0. The Hall–Kier alpha value is -2.01. The predicted octanol–water partition coefficient (Wildman–Crippen LogP) is 7.36. The molecule has 0 saturated heterocycles. The van der Waals surface area contributed by atoms with Gasteiger partial charge in [0.05, 0.1) is 6.61 Å². The molecule has 0 bridgehead atoms. The molecule has 1 aromatic heterocycles. The third-order valence-electron chi connectivity index (χ3n) is 5.61. The summed E-state index contributed by atoms with van der Waals surface area (Å²) in [5.41, 5.74) is 2.21. The van der Waals surface area contributed by atoms with E-state index in [-0.39, 0.29) is 0 Å². The summed E-state index contributed by atoms with van der Waals surface area (Å²) in [5, 5.41) is 0. The monoisotopic (exact) mass is 444 g/mol. The largest absolute Gasteiger partial charge is 0.494 e. The molecule has 0 fully saturated rings. The Morgan fingerprint density at radius 1 is 0.812 bits per heavy atom. The zero-order valence-electron chi connectivity index (χ0n) is 20.0.